The number of piperazine rings is 1. The Morgan fingerprint density at radius 2 is 2.00 bits per heavy atom. The van der Waals surface area contributed by atoms with Crippen molar-refractivity contribution in [2.75, 3.05) is 19.6 Å². The highest BCUT2D eigenvalue weighted by Gasteiger charge is 2.21. The Morgan fingerprint density at radius 3 is 2.65 bits per heavy atom. The molecule has 1 aromatic heterocycles. The van der Waals surface area contributed by atoms with Gasteiger partial charge in [0.2, 0.25) is 5.89 Å². The highest BCUT2D eigenvalue weighted by molar-refractivity contribution is 6.30. The molecule has 128 valence electrons. The summed E-state index contributed by atoms with van der Waals surface area (Å²) in [6.45, 7) is 8.04. The van der Waals surface area contributed by atoms with E-state index >= 15 is 0 Å². The molecule has 2 heterocycles. The van der Waals surface area contributed by atoms with E-state index in [9.17, 15) is 0 Å². The molecular weight excluding hydrogens is 357 g/mol. The molecule has 0 aliphatic carbocycles. The molecule has 1 aliphatic rings. The molecule has 1 atom stereocenters. The maximum atomic E-state index is 5.98. The van der Waals surface area contributed by atoms with Gasteiger partial charge in [-0.2, -0.15) is 0 Å². The summed E-state index contributed by atoms with van der Waals surface area (Å²) in [6.07, 6.45) is 0. The molecule has 0 amide bonds. The highest BCUT2D eigenvalue weighted by atomic mass is 35.5. The SMILES string of the molecule is Cc1nc(CN2CCNC[C@@H]2C)oc1-c1ccc(Cl)cc1.Cl.Cl. The van der Waals surface area contributed by atoms with Crippen molar-refractivity contribution in [3.8, 4) is 11.3 Å². The van der Waals surface area contributed by atoms with Gasteiger partial charge in [-0.15, -0.1) is 24.8 Å². The summed E-state index contributed by atoms with van der Waals surface area (Å²) in [5.74, 6) is 1.62. The normalized spacial score (nSPS) is 18.1. The fourth-order valence-electron chi connectivity index (χ4n) is 2.68. The smallest absolute Gasteiger partial charge is 0.209 e. The van der Waals surface area contributed by atoms with Crippen molar-refractivity contribution in [1.29, 1.82) is 0 Å². The molecule has 2 aromatic rings. The molecule has 0 radical (unpaired) electrons. The summed E-state index contributed by atoms with van der Waals surface area (Å²) >= 11 is 5.93. The van der Waals surface area contributed by atoms with E-state index < -0.39 is 0 Å². The molecule has 0 spiro atoms. The first-order chi connectivity index (χ1) is 10.1. The minimum absolute atomic E-state index is 0. The monoisotopic (exact) mass is 377 g/mol. The zero-order valence-electron chi connectivity index (χ0n) is 13.2. The van der Waals surface area contributed by atoms with Gasteiger partial charge in [0.1, 0.15) is 0 Å². The Balaban J connectivity index is 0.00000132. The predicted molar refractivity (Wildman–Crippen MR) is 98.9 cm³/mol. The fourth-order valence-corrected chi connectivity index (χ4v) is 2.81. The summed E-state index contributed by atoms with van der Waals surface area (Å²) in [4.78, 5) is 6.97. The van der Waals surface area contributed by atoms with Crippen LogP contribution in [-0.4, -0.2) is 35.6 Å². The van der Waals surface area contributed by atoms with Crippen molar-refractivity contribution >= 4 is 36.4 Å². The van der Waals surface area contributed by atoms with Gasteiger partial charge in [-0.1, -0.05) is 11.6 Å². The molecule has 7 heteroatoms. The summed E-state index contributed by atoms with van der Waals surface area (Å²) < 4.78 is 5.98. The molecule has 0 saturated carbocycles. The van der Waals surface area contributed by atoms with E-state index in [0.29, 0.717) is 6.04 Å². The molecule has 0 unspecified atom stereocenters. The number of aromatic nitrogens is 1. The molecule has 3 rings (SSSR count). The van der Waals surface area contributed by atoms with Crippen LogP contribution in [0.3, 0.4) is 0 Å². The topological polar surface area (TPSA) is 41.3 Å². The number of oxazole rings is 1. The van der Waals surface area contributed by atoms with Gasteiger partial charge in [0.25, 0.3) is 0 Å². The molecule has 1 aliphatic heterocycles. The molecule has 0 bridgehead atoms. The molecular formula is C16H22Cl3N3O. The van der Waals surface area contributed by atoms with Crippen LogP contribution in [0.15, 0.2) is 28.7 Å². The number of nitrogens with zero attached hydrogens (tertiary/aromatic N) is 2. The molecule has 1 saturated heterocycles. The van der Waals surface area contributed by atoms with Gasteiger partial charge in [0.15, 0.2) is 5.76 Å². The van der Waals surface area contributed by atoms with Gasteiger partial charge < -0.3 is 9.73 Å². The van der Waals surface area contributed by atoms with Crippen molar-refractivity contribution in [3.63, 3.8) is 0 Å². The number of aryl methyl sites for hydroxylation is 1. The van der Waals surface area contributed by atoms with Crippen LogP contribution < -0.4 is 5.32 Å². The average Bonchev–Trinajstić information content (AvgIpc) is 2.83. The number of rotatable bonds is 3. The number of hydrogen-bond acceptors (Lipinski definition) is 4. The van der Waals surface area contributed by atoms with Gasteiger partial charge in [0.05, 0.1) is 12.2 Å². The quantitative estimate of drug-likeness (QED) is 0.878. The minimum atomic E-state index is 0. The second kappa shape index (κ2) is 8.90. The van der Waals surface area contributed by atoms with Gasteiger partial charge in [0, 0.05) is 36.3 Å². The maximum absolute atomic E-state index is 5.98. The summed E-state index contributed by atoms with van der Waals surface area (Å²) in [5, 5.41) is 4.12. The number of hydrogen-bond donors (Lipinski definition) is 1. The van der Waals surface area contributed by atoms with E-state index in [2.05, 4.69) is 22.1 Å². The van der Waals surface area contributed by atoms with Crippen LogP contribution in [0.5, 0.6) is 0 Å². The first-order valence-electron chi connectivity index (χ1n) is 7.30. The third-order valence-electron chi connectivity index (χ3n) is 3.92. The van der Waals surface area contributed by atoms with E-state index in [-0.39, 0.29) is 24.8 Å². The minimum Gasteiger partial charge on any atom is -0.439 e. The Kier molecular flexibility index (Phi) is 7.84. The van der Waals surface area contributed by atoms with E-state index in [1.807, 2.05) is 31.2 Å². The molecule has 1 N–H and O–H groups in total. The second-order valence-corrected chi connectivity index (χ2v) is 5.99. The van der Waals surface area contributed by atoms with Crippen LogP contribution in [0.25, 0.3) is 11.3 Å². The van der Waals surface area contributed by atoms with Crippen LogP contribution in [0.1, 0.15) is 18.5 Å². The standard InChI is InChI=1S/C16H20ClN3O.2ClH/c1-11-9-18-7-8-20(11)10-15-19-12(2)16(21-15)13-3-5-14(17)6-4-13;;/h3-6,11,18H,7-10H2,1-2H3;2*1H/t11-;;/m0../s1. The molecule has 1 aromatic carbocycles. The summed E-state index contributed by atoms with van der Waals surface area (Å²) in [6, 6.07) is 8.18. The van der Waals surface area contributed by atoms with Gasteiger partial charge in [-0.05, 0) is 38.1 Å². The van der Waals surface area contributed by atoms with Crippen LogP contribution in [0.4, 0.5) is 0 Å². The largest absolute Gasteiger partial charge is 0.439 e. The van der Waals surface area contributed by atoms with E-state index in [1.54, 1.807) is 0 Å². The lowest BCUT2D eigenvalue weighted by atomic mass is 10.1. The van der Waals surface area contributed by atoms with Gasteiger partial charge in [-0.25, -0.2) is 4.98 Å². The zero-order valence-corrected chi connectivity index (χ0v) is 15.6. The maximum Gasteiger partial charge on any atom is 0.209 e. The van der Waals surface area contributed by atoms with Crippen LogP contribution >= 0.6 is 36.4 Å². The van der Waals surface area contributed by atoms with Crippen LogP contribution in [-0.2, 0) is 6.54 Å². The molecule has 1 fully saturated rings. The van der Waals surface area contributed by atoms with Crippen LogP contribution in [0, 0.1) is 6.92 Å². The van der Waals surface area contributed by atoms with Crippen molar-refractivity contribution in [2.24, 2.45) is 0 Å². The summed E-state index contributed by atoms with van der Waals surface area (Å²) in [7, 11) is 0. The zero-order chi connectivity index (χ0) is 14.8. The predicted octanol–water partition coefficient (Wildman–Crippen LogP) is 3.94. The molecule has 23 heavy (non-hydrogen) atoms. The Morgan fingerprint density at radius 1 is 1.30 bits per heavy atom. The first-order valence-corrected chi connectivity index (χ1v) is 7.68. The van der Waals surface area contributed by atoms with Gasteiger partial charge >= 0.3 is 0 Å². The number of benzene rings is 1. The van der Waals surface area contributed by atoms with Gasteiger partial charge in [-0.3, -0.25) is 4.90 Å². The lowest BCUT2D eigenvalue weighted by Crippen LogP contribution is -2.49. The number of halogens is 3. The highest BCUT2D eigenvalue weighted by Crippen LogP contribution is 2.26. The third kappa shape index (κ3) is 4.85. The first kappa shape index (κ1) is 20.3. The Labute approximate surface area is 154 Å². The van der Waals surface area contributed by atoms with Crippen molar-refractivity contribution in [1.82, 2.24) is 15.2 Å². The van der Waals surface area contributed by atoms with E-state index in [4.69, 9.17) is 16.0 Å². The van der Waals surface area contributed by atoms with Crippen molar-refractivity contribution < 1.29 is 4.42 Å². The molecule has 4 nitrogen and oxygen atoms in total. The Bertz CT molecular complexity index is 616. The Hall–Kier alpha value is -0.780. The number of nitrogens with one attached hydrogen (secondary N) is 1. The third-order valence-corrected chi connectivity index (χ3v) is 4.18. The van der Waals surface area contributed by atoms with E-state index in [1.165, 1.54) is 0 Å². The van der Waals surface area contributed by atoms with E-state index in [0.717, 1.165) is 54.1 Å². The summed E-state index contributed by atoms with van der Waals surface area (Å²) in [5.41, 5.74) is 1.94. The lowest BCUT2D eigenvalue weighted by Gasteiger charge is -2.32. The fraction of sp³-hybridized carbons (Fsp3) is 0.438. The average molecular weight is 379 g/mol. The van der Waals surface area contributed by atoms with Crippen molar-refractivity contribution in [3.05, 3.63) is 40.9 Å². The lowest BCUT2D eigenvalue weighted by molar-refractivity contribution is 0.151. The van der Waals surface area contributed by atoms with Crippen molar-refractivity contribution in [2.45, 2.75) is 26.4 Å². The van der Waals surface area contributed by atoms with Crippen LogP contribution in [0.2, 0.25) is 5.02 Å². The second-order valence-electron chi connectivity index (χ2n) is 5.55.